The van der Waals surface area contributed by atoms with E-state index in [2.05, 4.69) is 10.6 Å². The summed E-state index contributed by atoms with van der Waals surface area (Å²) in [6, 6.07) is 20.5. The molecule has 0 saturated carbocycles. The lowest BCUT2D eigenvalue weighted by atomic mass is 10.0. The Morgan fingerprint density at radius 3 is 2.45 bits per heavy atom. The first-order valence-electron chi connectivity index (χ1n) is 9.34. The van der Waals surface area contributed by atoms with Crippen molar-refractivity contribution in [3.8, 4) is 11.1 Å². The number of carbonyl (C=O) groups excluding carboxylic acids is 2. The average Bonchev–Trinajstić information content (AvgIpc) is 3.15. The maximum absolute atomic E-state index is 12.6. The topological polar surface area (TPSA) is 61.4 Å². The zero-order chi connectivity index (χ0) is 20.4. The molecule has 0 atom stereocenters. The van der Waals surface area contributed by atoms with Gasteiger partial charge in [0.2, 0.25) is 0 Å². The number of urea groups is 1. The maximum Gasteiger partial charge on any atom is 0.321 e. The van der Waals surface area contributed by atoms with Crippen molar-refractivity contribution in [2.45, 2.75) is 6.92 Å². The standard InChI is InChI=1S/C23H20ClN3O2/c1-15-13-18(17-3-2-4-19(24)14-17)7-10-21(15)26-22(28)16-5-8-20(9-6-16)27-12-11-25-23(27)29/h2-10,13-14H,11-12H2,1H3,(H,25,29)(H,26,28). The number of nitrogens with zero attached hydrogens (tertiary/aromatic N) is 1. The summed E-state index contributed by atoms with van der Waals surface area (Å²) in [6.07, 6.45) is 0. The fourth-order valence-electron chi connectivity index (χ4n) is 3.36. The number of rotatable bonds is 4. The Kier molecular flexibility index (Phi) is 5.23. The molecule has 3 amide bonds. The summed E-state index contributed by atoms with van der Waals surface area (Å²) in [4.78, 5) is 26.0. The van der Waals surface area contributed by atoms with Crippen molar-refractivity contribution in [3.05, 3.63) is 82.9 Å². The second-order valence-corrected chi connectivity index (χ2v) is 7.36. The van der Waals surface area contributed by atoms with E-state index in [0.29, 0.717) is 23.7 Å². The molecule has 1 saturated heterocycles. The van der Waals surface area contributed by atoms with Crippen molar-refractivity contribution in [2.75, 3.05) is 23.3 Å². The van der Waals surface area contributed by atoms with Crippen LogP contribution in [-0.2, 0) is 0 Å². The van der Waals surface area contributed by atoms with E-state index in [-0.39, 0.29) is 11.9 Å². The summed E-state index contributed by atoms with van der Waals surface area (Å²) in [7, 11) is 0. The third-order valence-corrected chi connectivity index (χ3v) is 5.17. The highest BCUT2D eigenvalue weighted by molar-refractivity contribution is 6.30. The monoisotopic (exact) mass is 405 g/mol. The van der Waals surface area contributed by atoms with Crippen LogP contribution < -0.4 is 15.5 Å². The van der Waals surface area contributed by atoms with Crippen LogP contribution in [0.2, 0.25) is 5.02 Å². The van der Waals surface area contributed by atoms with Gasteiger partial charge in [0.05, 0.1) is 0 Å². The van der Waals surface area contributed by atoms with Gasteiger partial charge in [-0.1, -0.05) is 29.8 Å². The number of halogens is 1. The molecule has 0 unspecified atom stereocenters. The van der Waals surface area contributed by atoms with Gasteiger partial charge in [-0.05, 0) is 72.1 Å². The van der Waals surface area contributed by atoms with E-state index < -0.39 is 0 Å². The van der Waals surface area contributed by atoms with Gasteiger partial charge in [-0.2, -0.15) is 0 Å². The minimum atomic E-state index is -0.193. The van der Waals surface area contributed by atoms with Crippen molar-refractivity contribution < 1.29 is 9.59 Å². The van der Waals surface area contributed by atoms with E-state index in [4.69, 9.17) is 11.6 Å². The molecule has 0 aliphatic carbocycles. The zero-order valence-corrected chi connectivity index (χ0v) is 16.7. The van der Waals surface area contributed by atoms with Gasteiger partial charge in [-0.15, -0.1) is 0 Å². The first-order chi connectivity index (χ1) is 14.0. The van der Waals surface area contributed by atoms with Crippen molar-refractivity contribution in [1.82, 2.24) is 5.32 Å². The van der Waals surface area contributed by atoms with E-state index in [1.54, 1.807) is 29.2 Å². The molecule has 0 spiro atoms. The Morgan fingerprint density at radius 1 is 1.03 bits per heavy atom. The number of anilines is 2. The molecule has 2 N–H and O–H groups in total. The first-order valence-corrected chi connectivity index (χ1v) is 9.72. The number of hydrogen-bond donors (Lipinski definition) is 2. The molecule has 1 heterocycles. The molecule has 3 aromatic rings. The predicted molar refractivity (Wildman–Crippen MR) is 117 cm³/mol. The van der Waals surface area contributed by atoms with Crippen molar-refractivity contribution in [1.29, 1.82) is 0 Å². The second-order valence-electron chi connectivity index (χ2n) is 6.92. The molecular formula is C23H20ClN3O2. The molecule has 1 aliphatic rings. The molecule has 0 radical (unpaired) electrons. The molecule has 146 valence electrons. The summed E-state index contributed by atoms with van der Waals surface area (Å²) in [5.74, 6) is -0.193. The van der Waals surface area contributed by atoms with Gasteiger partial charge in [0.25, 0.3) is 5.91 Å². The number of aryl methyl sites for hydroxylation is 1. The van der Waals surface area contributed by atoms with Gasteiger partial charge in [0.1, 0.15) is 0 Å². The average molecular weight is 406 g/mol. The van der Waals surface area contributed by atoms with Gasteiger partial charge >= 0.3 is 6.03 Å². The number of hydrogen-bond acceptors (Lipinski definition) is 2. The van der Waals surface area contributed by atoms with E-state index in [1.165, 1.54) is 0 Å². The smallest absolute Gasteiger partial charge is 0.321 e. The van der Waals surface area contributed by atoms with Gasteiger partial charge in [-0.25, -0.2) is 4.79 Å². The second kappa shape index (κ2) is 7.97. The molecule has 29 heavy (non-hydrogen) atoms. The third-order valence-electron chi connectivity index (χ3n) is 4.93. The number of nitrogens with one attached hydrogen (secondary N) is 2. The molecule has 5 nitrogen and oxygen atoms in total. The molecule has 3 aromatic carbocycles. The van der Waals surface area contributed by atoms with Crippen LogP contribution >= 0.6 is 11.6 Å². The highest BCUT2D eigenvalue weighted by Gasteiger charge is 2.21. The predicted octanol–water partition coefficient (Wildman–Crippen LogP) is 5.10. The van der Waals surface area contributed by atoms with Crippen LogP contribution in [0, 0.1) is 6.92 Å². The molecule has 1 aliphatic heterocycles. The van der Waals surface area contributed by atoms with Gasteiger partial charge < -0.3 is 10.6 Å². The minimum absolute atomic E-state index is 0.113. The van der Waals surface area contributed by atoms with E-state index in [9.17, 15) is 9.59 Å². The lowest BCUT2D eigenvalue weighted by Gasteiger charge is -2.15. The van der Waals surface area contributed by atoms with E-state index in [0.717, 1.165) is 28.1 Å². The fourth-order valence-corrected chi connectivity index (χ4v) is 3.55. The van der Waals surface area contributed by atoms with E-state index in [1.807, 2.05) is 49.4 Å². The largest absolute Gasteiger partial charge is 0.336 e. The summed E-state index contributed by atoms with van der Waals surface area (Å²) in [6.45, 7) is 3.22. The lowest BCUT2D eigenvalue weighted by molar-refractivity contribution is 0.102. The third kappa shape index (κ3) is 4.10. The van der Waals surface area contributed by atoms with E-state index >= 15 is 0 Å². The molecule has 0 bridgehead atoms. The Hall–Kier alpha value is -3.31. The van der Waals surface area contributed by atoms with Crippen molar-refractivity contribution >= 4 is 34.9 Å². The Bertz CT molecular complexity index is 1080. The summed E-state index contributed by atoms with van der Waals surface area (Å²) in [5.41, 5.74) is 5.09. The Morgan fingerprint density at radius 2 is 1.79 bits per heavy atom. The summed E-state index contributed by atoms with van der Waals surface area (Å²) < 4.78 is 0. The first kappa shape index (κ1) is 19.0. The highest BCUT2D eigenvalue weighted by atomic mass is 35.5. The molecule has 6 heteroatoms. The molecule has 0 aromatic heterocycles. The van der Waals surface area contributed by atoms with Crippen LogP contribution in [0.1, 0.15) is 15.9 Å². The zero-order valence-electron chi connectivity index (χ0n) is 15.9. The highest BCUT2D eigenvalue weighted by Crippen LogP contribution is 2.27. The van der Waals surface area contributed by atoms with Crippen LogP contribution in [0.3, 0.4) is 0 Å². The Balaban J connectivity index is 1.49. The van der Waals surface area contributed by atoms with Gasteiger partial charge in [0.15, 0.2) is 0 Å². The number of carbonyl (C=O) groups is 2. The van der Waals surface area contributed by atoms with Crippen LogP contribution in [0.5, 0.6) is 0 Å². The molecule has 1 fully saturated rings. The molecular weight excluding hydrogens is 386 g/mol. The Labute approximate surface area is 174 Å². The maximum atomic E-state index is 12.6. The van der Waals surface area contributed by atoms with Gasteiger partial charge in [-0.3, -0.25) is 9.69 Å². The van der Waals surface area contributed by atoms with Crippen LogP contribution in [-0.4, -0.2) is 25.0 Å². The van der Waals surface area contributed by atoms with Crippen molar-refractivity contribution in [2.24, 2.45) is 0 Å². The lowest BCUT2D eigenvalue weighted by Crippen LogP contribution is -2.27. The SMILES string of the molecule is Cc1cc(-c2cccc(Cl)c2)ccc1NC(=O)c1ccc(N2CCNC2=O)cc1. The minimum Gasteiger partial charge on any atom is -0.336 e. The summed E-state index contributed by atoms with van der Waals surface area (Å²) >= 11 is 6.08. The fraction of sp³-hybridized carbons (Fsp3) is 0.130. The van der Waals surface area contributed by atoms with Crippen molar-refractivity contribution in [3.63, 3.8) is 0 Å². The summed E-state index contributed by atoms with van der Waals surface area (Å²) in [5, 5.41) is 6.41. The van der Waals surface area contributed by atoms with Crippen LogP contribution in [0.25, 0.3) is 11.1 Å². The number of benzene rings is 3. The van der Waals surface area contributed by atoms with Crippen LogP contribution in [0.15, 0.2) is 66.7 Å². The van der Waals surface area contributed by atoms with Crippen LogP contribution in [0.4, 0.5) is 16.2 Å². The normalized spacial score (nSPS) is 13.3. The van der Waals surface area contributed by atoms with Gasteiger partial charge in [0, 0.05) is 35.1 Å². The molecule has 4 rings (SSSR count). The number of amides is 3. The quantitative estimate of drug-likeness (QED) is 0.634.